The first-order chi connectivity index (χ1) is 18.1. The highest BCUT2D eigenvalue weighted by atomic mass is 35.5. The Bertz CT molecular complexity index is 1380. The Morgan fingerprint density at radius 2 is 1.87 bits per heavy atom. The molecule has 0 spiro atoms. The lowest BCUT2D eigenvalue weighted by molar-refractivity contribution is -0.137. The van der Waals surface area contributed by atoms with Crippen LogP contribution in [-0.2, 0) is 24.0 Å². The number of benzene rings is 3. The highest BCUT2D eigenvalue weighted by Gasteiger charge is 2.30. The third kappa shape index (κ3) is 7.64. The number of rotatable bonds is 10. The number of hydrogen-bond donors (Lipinski definition) is 1. The molecule has 1 amide bonds. The van der Waals surface area contributed by atoms with Crippen molar-refractivity contribution in [1.82, 2.24) is 0 Å². The van der Waals surface area contributed by atoms with Crippen LogP contribution in [0.2, 0.25) is 5.02 Å². The van der Waals surface area contributed by atoms with Gasteiger partial charge in [-0.1, -0.05) is 35.9 Å². The van der Waals surface area contributed by atoms with E-state index in [1.165, 1.54) is 18.2 Å². The fraction of sp³-hybridized carbons (Fsp3) is 0.172. The summed E-state index contributed by atoms with van der Waals surface area (Å²) < 4.78 is 50.9. The van der Waals surface area contributed by atoms with E-state index >= 15 is 0 Å². The van der Waals surface area contributed by atoms with Gasteiger partial charge >= 0.3 is 6.18 Å². The summed E-state index contributed by atoms with van der Waals surface area (Å²) in [6, 6.07) is 16.5. The van der Waals surface area contributed by atoms with Crippen molar-refractivity contribution in [2.24, 2.45) is 0 Å². The number of carbonyl (C=O) groups excluding carboxylic acids is 1. The maximum Gasteiger partial charge on any atom is 0.416 e. The zero-order valence-electron chi connectivity index (χ0n) is 20.4. The quantitative estimate of drug-likeness (QED) is 0.163. The van der Waals surface area contributed by atoms with E-state index in [0.29, 0.717) is 40.7 Å². The van der Waals surface area contributed by atoms with Crippen LogP contribution in [0.15, 0.2) is 78.9 Å². The maximum absolute atomic E-state index is 13.0. The van der Waals surface area contributed by atoms with E-state index in [4.69, 9.17) is 21.1 Å². The van der Waals surface area contributed by atoms with Gasteiger partial charge in [-0.2, -0.15) is 18.4 Å². The number of nitriles is 1. The minimum atomic E-state index is -4.57. The van der Waals surface area contributed by atoms with Crippen LogP contribution in [0, 0.1) is 11.3 Å². The molecule has 196 valence electrons. The van der Waals surface area contributed by atoms with E-state index in [2.05, 4.69) is 11.9 Å². The molecule has 3 rings (SSSR count). The normalized spacial score (nSPS) is 11.4. The number of nitrogens with zero attached hydrogens (tertiary/aromatic N) is 1. The van der Waals surface area contributed by atoms with Crippen molar-refractivity contribution in [1.29, 1.82) is 5.26 Å². The van der Waals surface area contributed by atoms with Crippen LogP contribution in [0.25, 0.3) is 6.08 Å². The fourth-order valence-electron chi connectivity index (χ4n) is 3.52. The average Bonchev–Trinajstić information content (AvgIpc) is 2.87. The van der Waals surface area contributed by atoms with Crippen LogP contribution in [0.4, 0.5) is 18.9 Å². The summed E-state index contributed by atoms with van der Waals surface area (Å²) in [5.74, 6) is 0.0477. The molecule has 0 fully saturated rings. The minimum absolute atomic E-state index is 0.0840. The predicted molar refractivity (Wildman–Crippen MR) is 141 cm³/mol. The molecule has 1 N–H and O–H groups in total. The Labute approximate surface area is 223 Å². The molecule has 0 saturated heterocycles. The summed E-state index contributed by atoms with van der Waals surface area (Å²) in [5, 5.41) is 12.6. The molecule has 0 aliphatic carbocycles. The van der Waals surface area contributed by atoms with Gasteiger partial charge in [-0.15, -0.1) is 6.58 Å². The monoisotopic (exact) mass is 540 g/mol. The fourth-order valence-corrected chi connectivity index (χ4v) is 3.65. The number of nitrogens with one attached hydrogen (secondary N) is 1. The number of carbonyl (C=O) groups is 1. The molecule has 0 atom stereocenters. The molecule has 5 nitrogen and oxygen atoms in total. The van der Waals surface area contributed by atoms with E-state index in [-0.39, 0.29) is 17.9 Å². The number of halogens is 4. The Hall–Kier alpha value is -4.22. The SMILES string of the molecule is C=CCc1cc(/C=C(\C#N)C(=O)Nc2cccc(C(F)(F)F)c2)cc(OCC)c1OCc1ccc(Cl)cc1. The van der Waals surface area contributed by atoms with Crippen LogP contribution in [0.1, 0.15) is 29.2 Å². The van der Waals surface area contributed by atoms with E-state index in [9.17, 15) is 23.2 Å². The molecule has 0 bridgehead atoms. The lowest BCUT2D eigenvalue weighted by Gasteiger charge is -2.17. The van der Waals surface area contributed by atoms with Crippen LogP contribution in [0.5, 0.6) is 11.5 Å². The molecular weight excluding hydrogens is 517 g/mol. The Balaban J connectivity index is 1.91. The molecule has 9 heteroatoms. The number of anilines is 1. The second kappa shape index (κ2) is 12.8. The number of ether oxygens (including phenoxy) is 2. The zero-order valence-corrected chi connectivity index (χ0v) is 21.2. The molecule has 0 aromatic heterocycles. The Morgan fingerprint density at radius 1 is 1.13 bits per heavy atom. The van der Waals surface area contributed by atoms with Gasteiger partial charge in [0.1, 0.15) is 18.2 Å². The first kappa shape index (κ1) is 28.4. The molecule has 0 unspecified atom stereocenters. The van der Waals surface area contributed by atoms with Crippen LogP contribution in [0.3, 0.4) is 0 Å². The standard InChI is InChI=1S/C29H24ClF3N2O3/c1-3-6-21-13-20(15-26(37-4-2)27(21)38-18-19-9-11-24(30)12-10-19)14-22(17-34)28(36)35-25-8-5-7-23(16-25)29(31,32)33/h3,5,7-16H,1,4,6,18H2,2H3,(H,35,36)/b22-14+. The second-order valence-electron chi connectivity index (χ2n) is 8.05. The highest BCUT2D eigenvalue weighted by Crippen LogP contribution is 2.36. The molecular formula is C29H24ClF3N2O3. The first-order valence-corrected chi connectivity index (χ1v) is 11.9. The molecule has 0 aliphatic rings. The van der Waals surface area contributed by atoms with E-state index in [1.54, 1.807) is 30.3 Å². The zero-order chi connectivity index (χ0) is 27.7. The summed E-state index contributed by atoms with van der Waals surface area (Å²) in [7, 11) is 0. The van der Waals surface area contributed by atoms with Crippen molar-refractivity contribution in [3.63, 3.8) is 0 Å². The lowest BCUT2D eigenvalue weighted by Crippen LogP contribution is -2.14. The van der Waals surface area contributed by atoms with E-state index in [1.807, 2.05) is 25.1 Å². The number of hydrogen-bond acceptors (Lipinski definition) is 4. The second-order valence-corrected chi connectivity index (χ2v) is 8.49. The Morgan fingerprint density at radius 3 is 2.50 bits per heavy atom. The van der Waals surface area contributed by atoms with Gasteiger partial charge in [0.15, 0.2) is 11.5 Å². The van der Waals surface area contributed by atoms with Crippen LogP contribution >= 0.6 is 11.6 Å². The number of alkyl halides is 3. The number of amides is 1. The van der Waals surface area contributed by atoms with Gasteiger partial charge in [-0.3, -0.25) is 4.79 Å². The summed E-state index contributed by atoms with van der Waals surface area (Å²) in [6.07, 6.45) is -1.14. The van der Waals surface area contributed by atoms with Crippen molar-refractivity contribution in [2.75, 3.05) is 11.9 Å². The largest absolute Gasteiger partial charge is 0.490 e. The summed E-state index contributed by atoms with van der Waals surface area (Å²) >= 11 is 5.95. The minimum Gasteiger partial charge on any atom is -0.490 e. The van der Waals surface area contributed by atoms with Gasteiger partial charge < -0.3 is 14.8 Å². The van der Waals surface area contributed by atoms with Gasteiger partial charge in [0.25, 0.3) is 5.91 Å². The topological polar surface area (TPSA) is 71.4 Å². The molecule has 3 aromatic carbocycles. The van der Waals surface area contributed by atoms with Gasteiger partial charge in [0.05, 0.1) is 12.2 Å². The summed E-state index contributed by atoms with van der Waals surface area (Å²) in [5.41, 5.74) is 0.774. The van der Waals surface area contributed by atoms with Crippen LogP contribution in [-0.4, -0.2) is 12.5 Å². The van der Waals surface area contributed by atoms with Gasteiger partial charge in [-0.05, 0) is 73.0 Å². The molecule has 0 saturated carbocycles. The van der Waals surface area contributed by atoms with Gasteiger partial charge in [0, 0.05) is 16.3 Å². The van der Waals surface area contributed by atoms with Crippen LogP contribution < -0.4 is 14.8 Å². The van der Waals surface area contributed by atoms with Crippen molar-refractivity contribution < 1.29 is 27.4 Å². The molecule has 0 radical (unpaired) electrons. The molecule has 3 aromatic rings. The predicted octanol–water partition coefficient (Wildman–Crippen LogP) is 7.61. The van der Waals surface area contributed by atoms with Crippen molar-refractivity contribution in [3.05, 3.63) is 106 Å². The molecule has 0 aliphatic heterocycles. The maximum atomic E-state index is 13.0. The van der Waals surface area contributed by atoms with Gasteiger partial charge in [-0.25, -0.2) is 0 Å². The lowest BCUT2D eigenvalue weighted by atomic mass is 10.0. The molecule has 38 heavy (non-hydrogen) atoms. The Kier molecular flexibility index (Phi) is 9.58. The van der Waals surface area contributed by atoms with Crippen molar-refractivity contribution in [2.45, 2.75) is 26.1 Å². The van der Waals surface area contributed by atoms with E-state index in [0.717, 1.165) is 17.7 Å². The molecule has 0 heterocycles. The smallest absolute Gasteiger partial charge is 0.416 e. The third-order valence-electron chi connectivity index (χ3n) is 5.24. The van der Waals surface area contributed by atoms with Crippen molar-refractivity contribution in [3.8, 4) is 17.6 Å². The van der Waals surface area contributed by atoms with E-state index < -0.39 is 17.6 Å². The summed E-state index contributed by atoms with van der Waals surface area (Å²) in [6.45, 7) is 6.17. The first-order valence-electron chi connectivity index (χ1n) is 11.5. The number of allylic oxidation sites excluding steroid dienone is 1. The van der Waals surface area contributed by atoms with Crippen molar-refractivity contribution >= 4 is 29.3 Å². The van der Waals surface area contributed by atoms with Gasteiger partial charge in [0.2, 0.25) is 0 Å². The highest BCUT2D eigenvalue weighted by molar-refractivity contribution is 6.30. The summed E-state index contributed by atoms with van der Waals surface area (Å²) in [4.78, 5) is 12.7. The average molecular weight is 541 g/mol. The third-order valence-corrected chi connectivity index (χ3v) is 5.49.